The number of carbonyl (C=O) groups excluding carboxylic acids is 1. The number of fused-ring (bicyclic) bond motifs is 1. The first kappa shape index (κ1) is 22.1. The van der Waals surface area contributed by atoms with Crippen molar-refractivity contribution < 1.29 is 32.2 Å². The van der Waals surface area contributed by atoms with Gasteiger partial charge in [0.05, 0.1) is 49.9 Å². The third kappa shape index (κ3) is 4.04. The quantitative estimate of drug-likeness (QED) is 0.540. The molecule has 0 bridgehead atoms. The van der Waals surface area contributed by atoms with Crippen LogP contribution in [0.1, 0.15) is 27.7 Å². The van der Waals surface area contributed by atoms with Crippen molar-refractivity contribution in [3.8, 4) is 22.9 Å². The molecule has 0 N–H and O–H groups in total. The molecule has 3 aromatic rings. The van der Waals surface area contributed by atoms with Crippen LogP contribution < -0.4 is 14.4 Å². The fraction of sp³-hybridized carbons (Fsp3) is 0.364. The van der Waals surface area contributed by atoms with Gasteiger partial charge in [-0.2, -0.15) is 18.3 Å². The lowest BCUT2D eigenvalue weighted by Gasteiger charge is -2.26. The molecule has 1 fully saturated rings. The summed E-state index contributed by atoms with van der Waals surface area (Å²) in [6.07, 6.45) is -1.26. The van der Waals surface area contributed by atoms with Crippen LogP contribution in [-0.2, 0) is 11.3 Å². The van der Waals surface area contributed by atoms with E-state index in [0.29, 0.717) is 47.1 Å². The van der Waals surface area contributed by atoms with Gasteiger partial charge in [0.15, 0.2) is 18.2 Å². The third-order valence-electron chi connectivity index (χ3n) is 5.62. The zero-order chi connectivity index (χ0) is 24.0. The van der Waals surface area contributed by atoms with E-state index in [0.717, 1.165) is 0 Å². The standard InChI is InChI=1S/C22H20F3N5O4/c1-12-5-15(13-6-17(20(32-2)26-7-13)34-11-22(23,24)25)27-16-8-29(21(31)19(12)16)18-3-4-30(28-18)14-9-33-10-14/h3-7,14H,8-11H2,1-2H3. The topological polar surface area (TPSA) is 91.6 Å². The molecule has 0 unspecified atom stereocenters. The number of anilines is 1. The monoisotopic (exact) mass is 475 g/mol. The Labute approximate surface area is 192 Å². The smallest absolute Gasteiger partial charge is 0.422 e. The molecule has 0 aliphatic carbocycles. The summed E-state index contributed by atoms with van der Waals surface area (Å²) < 4.78 is 54.8. The SMILES string of the molecule is COc1ncc(-c2cc(C)c3c(n2)CN(c2ccn(C4COC4)n2)C3=O)cc1OCC(F)(F)F. The number of halogens is 3. The lowest BCUT2D eigenvalue weighted by molar-refractivity contribution is -0.153. The van der Waals surface area contributed by atoms with Crippen LogP contribution >= 0.6 is 0 Å². The number of amides is 1. The van der Waals surface area contributed by atoms with Crippen LogP contribution in [0.4, 0.5) is 19.0 Å². The molecule has 1 amide bonds. The predicted molar refractivity (Wildman–Crippen MR) is 113 cm³/mol. The molecule has 0 atom stereocenters. The molecule has 2 aliphatic heterocycles. The number of alkyl halides is 3. The third-order valence-corrected chi connectivity index (χ3v) is 5.62. The average molecular weight is 475 g/mol. The minimum atomic E-state index is -4.51. The maximum atomic E-state index is 13.1. The highest BCUT2D eigenvalue weighted by Gasteiger charge is 2.34. The first-order valence-corrected chi connectivity index (χ1v) is 10.4. The first-order chi connectivity index (χ1) is 16.2. The average Bonchev–Trinajstić information content (AvgIpc) is 3.35. The summed E-state index contributed by atoms with van der Waals surface area (Å²) in [6.45, 7) is 1.71. The van der Waals surface area contributed by atoms with E-state index in [4.69, 9.17) is 14.2 Å². The fourth-order valence-electron chi connectivity index (χ4n) is 3.87. The van der Waals surface area contributed by atoms with Crippen molar-refractivity contribution in [2.45, 2.75) is 25.7 Å². The summed E-state index contributed by atoms with van der Waals surface area (Å²) >= 11 is 0. The highest BCUT2D eigenvalue weighted by Crippen LogP contribution is 2.34. The summed E-state index contributed by atoms with van der Waals surface area (Å²) in [4.78, 5) is 23.3. The lowest BCUT2D eigenvalue weighted by Crippen LogP contribution is -2.31. The maximum Gasteiger partial charge on any atom is 0.422 e. The van der Waals surface area contributed by atoms with E-state index < -0.39 is 12.8 Å². The molecule has 0 aromatic carbocycles. The Balaban J connectivity index is 1.43. The Hall–Kier alpha value is -3.67. The zero-order valence-electron chi connectivity index (χ0n) is 18.3. The molecule has 34 heavy (non-hydrogen) atoms. The second-order valence-electron chi connectivity index (χ2n) is 8.02. The minimum Gasteiger partial charge on any atom is -0.478 e. The van der Waals surface area contributed by atoms with Crippen LogP contribution in [0.3, 0.4) is 0 Å². The van der Waals surface area contributed by atoms with Gasteiger partial charge in [0, 0.05) is 24.0 Å². The van der Waals surface area contributed by atoms with Crippen LogP contribution in [0.5, 0.6) is 11.6 Å². The molecular weight excluding hydrogens is 455 g/mol. The van der Waals surface area contributed by atoms with Gasteiger partial charge in [0.2, 0.25) is 0 Å². The number of carbonyl (C=O) groups is 1. The molecule has 0 saturated carbocycles. The Morgan fingerprint density at radius 3 is 2.74 bits per heavy atom. The Morgan fingerprint density at radius 2 is 2.06 bits per heavy atom. The zero-order valence-corrected chi connectivity index (χ0v) is 18.3. The molecule has 1 saturated heterocycles. The molecule has 178 valence electrons. The van der Waals surface area contributed by atoms with Gasteiger partial charge in [-0.05, 0) is 24.6 Å². The maximum absolute atomic E-state index is 13.1. The fourth-order valence-corrected chi connectivity index (χ4v) is 3.87. The van der Waals surface area contributed by atoms with Crippen LogP contribution in [-0.4, -0.2) is 58.8 Å². The van der Waals surface area contributed by atoms with E-state index >= 15 is 0 Å². The Morgan fingerprint density at radius 1 is 1.26 bits per heavy atom. The van der Waals surface area contributed by atoms with Gasteiger partial charge in [-0.3, -0.25) is 19.4 Å². The number of methoxy groups -OCH3 is 1. The summed E-state index contributed by atoms with van der Waals surface area (Å²) in [5, 5.41) is 4.51. The molecule has 12 heteroatoms. The second-order valence-corrected chi connectivity index (χ2v) is 8.02. The molecule has 3 aromatic heterocycles. The van der Waals surface area contributed by atoms with Crippen molar-refractivity contribution in [3.63, 3.8) is 0 Å². The van der Waals surface area contributed by atoms with Gasteiger partial charge in [0.1, 0.15) is 0 Å². The summed E-state index contributed by atoms with van der Waals surface area (Å²) in [6, 6.07) is 5.02. The van der Waals surface area contributed by atoms with E-state index in [1.807, 2.05) is 6.20 Å². The van der Waals surface area contributed by atoms with Crippen molar-refractivity contribution >= 4 is 11.7 Å². The van der Waals surface area contributed by atoms with Crippen LogP contribution in [0.25, 0.3) is 11.3 Å². The largest absolute Gasteiger partial charge is 0.478 e. The number of pyridine rings is 2. The number of ether oxygens (including phenoxy) is 3. The summed E-state index contributed by atoms with van der Waals surface area (Å²) in [5.41, 5.74) is 2.61. The molecular formula is C22H20F3N5O4. The molecule has 2 aliphatic rings. The van der Waals surface area contributed by atoms with E-state index in [1.165, 1.54) is 19.4 Å². The van der Waals surface area contributed by atoms with Crippen molar-refractivity contribution in [2.75, 3.05) is 31.8 Å². The van der Waals surface area contributed by atoms with Crippen molar-refractivity contribution in [1.82, 2.24) is 19.7 Å². The van der Waals surface area contributed by atoms with Gasteiger partial charge in [-0.1, -0.05) is 0 Å². The van der Waals surface area contributed by atoms with Gasteiger partial charge < -0.3 is 14.2 Å². The van der Waals surface area contributed by atoms with E-state index in [1.54, 1.807) is 28.6 Å². The molecule has 0 spiro atoms. The second kappa shape index (κ2) is 8.28. The van der Waals surface area contributed by atoms with E-state index in [2.05, 4.69) is 15.1 Å². The van der Waals surface area contributed by atoms with Crippen molar-refractivity contribution in [2.24, 2.45) is 0 Å². The highest BCUT2D eigenvalue weighted by atomic mass is 19.4. The molecule has 5 rings (SSSR count). The number of aryl methyl sites for hydroxylation is 1. The van der Waals surface area contributed by atoms with Crippen LogP contribution in [0, 0.1) is 6.92 Å². The Bertz CT molecular complexity index is 1260. The predicted octanol–water partition coefficient (Wildman–Crippen LogP) is 3.33. The first-order valence-electron chi connectivity index (χ1n) is 10.4. The van der Waals surface area contributed by atoms with Gasteiger partial charge >= 0.3 is 6.18 Å². The Kier molecular flexibility index (Phi) is 5.39. The number of hydrogen-bond donors (Lipinski definition) is 0. The van der Waals surface area contributed by atoms with E-state index in [-0.39, 0.29) is 30.1 Å². The number of aromatic nitrogens is 4. The molecule has 9 nitrogen and oxygen atoms in total. The van der Waals surface area contributed by atoms with Crippen molar-refractivity contribution in [1.29, 1.82) is 0 Å². The normalized spacial score (nSPS) is 15.9. The highest BCUT2D eigenvalue weighted by molar-refractivity contribution is 6.10. The molecule has 5 heterocycles. The minimum absolute atomic E-state index is 0.0697. The summed E-state index contributed by atoms with van der Waals surface area (Å²) in [5.74, 6) is 0.0914. The van der Waals surface area contributed by atoms with Crippen LogP contribution in [0.15, 0.2) is 30.6 Å². The summed E-state index contributed by atoms with van der Waals surface area (Å²) in [7, 11) is 1.29. The van der Waals surface area contributed by atoms with Gasteiger partial charge in [0.25, 0.3) is 11.8 Å². The number of nitrogens with zero attached hydrogens (tertiary/aromatic N) is 5. The van der Waals surface area contributed by atoms with E-state index in [9.17, 15) is 18.0 Å². The molecule has 0 radical (unpaired) electrons. The number of rotatable bonds is 6. The van der Waals surface area contributed by atoms with Gasteiger partial charge in [-0.25, -0.2) is 4.98 Å². The van der Waals surface area contributed by atoms with Crippen molar-refractivity contribution in [3.05, 3.63) is 47.4 Å². The number of hydrogen-bond acceptors (Lipinski definition) is 7. The van der Waals surface area contributed by atoms with Crippen LogP contribution in [0.2, 0.25) is 0 Å². The lowest BCUT2D eigenvalue weighted by atomic mass is 10.1. The van der Waals surface area contributed by atoms with Gasteiger partial charge in [-0.15, -0.1) is 0 Å².